The first-order chi connectivity index (χ1) is 13.1. The maximum atomic E-state index is 13.8. The number of halogens is 2. The third-order valence-electron chi connectivity index (χ3n) is 4.15. The molecule has 6 nitrogen and oxygen atoms in total. The highest BCUT2D eigenvalue weighted by molar-refractivity contribution is 7.14. The molecule has 1 amide bonds. The van der Waals surface area contributed by atoms with E-state index in [0.717, 1.165) is 36.5 Å². The highest BCUT2D eigenvalue weighted by atomic mass is 32.1. The van der Waals surface area contributed by atoms with Gasteiger partial charge in [0, 0.05) is 11.5 Å². The van der Waals surface area contributed by atoms with Crippen molar-refractivity contribution in [1.82, 2.24) is 15.5 Å². The topological polar surface area (TPSA) is 77.3 Å². The van der Waals surface area contributed by atoms with Crippen molar-refractivity contribution in [2.75, 3.05) is 6.61 Å². The lowest BCUT2D eigenvalue weighted by Gasteiger charge is -2.05. The van der Waals surface area contributed by atoms with Crippen LogP contribution in [0.25, 0.3) is 11.5 Å². The van der Waals surface area contributed by atoms with Crippen LogP contribution < -0.4 is 5.32 Å². The van der Waals surface area contributed by atoms with Gasteiger partial charge in [-0.1, -0.05) is 11.2 Å². The number of ether oxygens (including phenoxy) is 1. The molecule has 0 aliphatic carbocycles. The first-order valence-electron chi connectivity index (χ1n) is 8.38. The molecule has 1 aromatic carbocycles. The monoisotopic (exact) mass is 391 g/mol. The van der Waals surface area contributed by atoms with E-state index in [1.807, 2.05) is 6.07 Å². The molecule has 4 rings (SSSR count). The van der Waals surface area contributed by atoms with E-state index in [1.54, 1.807) is 6.07 Å². The Balaban J connectivity index is 1.41. The molecule has 1 atom stereocenters. The normalized spacial score (nSPS) is 16.6. The second kappa shape index (κ2) is 7.53. The van der Waals surface area contributed by atoms with Crippen molar-refractivity contribution >= 4 is 17.2 Å². The summed E-state index contributed by atoms with van der Waals surface area (Å²) in [5, 5.41) is 6.33. The summed E-state index contributed by atoms with van der Waals surface area (Å²) in [5.74, 6) is -2.03. The molecule has 3 aromatic rings. The van der Waals surface area contributed by atoms with Crippen molar-refractivity contribution in [3.05, 3.63) is 57.5 Å². The molecule has 0 radical (unpaired) electrons. The lowest BCUT2D eigenvalue weighted by atomic mass is 10.2. The van der Waals surface area contributed by atoms with Gasteiger partial charge < -0.3 is 14.6 Å². The molecule has 3 heterocycles. The van der Waals surface area contributed by atoms with E-state index in [2.05, 4.69) is 15.5 Å². The average Bonchev–Trinajstić information content (AvgIpc) is 3.39. The van der Waals surface area contributed by atoms with E-state index in [4.69, 9.17) is 9.26 Å². The highest BCUT2D eigenvalue weighted by Crippen LogP contribution is 2.33. The first-order valence-corrected chi connectivity index (χ1v) is 9.20. The molecule has 2 aromatic heterocycles. The maximum Gasteiger partial charge on any atom is 0.263 e. The van der Waals surface area contributed by atoms with Gasteiger partial charge in [-0.3, -0.25) is 4.79 Å². The number of benzene rings is 1. The molecular formula is C18H15F2N3O3S. The number of hydrogen-bond donors (Lipinski definition) is 1. The summed E-state index contributed by atoms with van der Waals surface area (Å²) in [6.45, 7) is 0.721. The van der Waals surface area contributed by atoms with Crippen molar-refractivity contribution in [1.29, 1.82) is 0 Å². The molecule has 0 spiro atoms. The Hall–Kier alpha value is -2.65. The fourth-order valence-electron chi connectivity index (χ4n) is 2.83. The summed E-state index contributed by atoms with van der Waals surface area (Å²) in [5.41, 5.74) is -0.387. The summed E-state index contributed by atoms with van der Waals surface area (Å²) in [7, 11) is 0. The minimum atomic E-state index is -0.797. The predicted octanol–water partition coefficient (Wildman–Crippen LogP) is 3.86. The number of amides is 1. The van der Waals surface area contributed by atoms with Crippen molar-refractivity contribution in [3.63, 3.8) is 0 Å². The van der Waals surface area contributed by atoms with Crippen LogP contribution in [-0.4, -0.2) is 22.7 Å². The fraction of sp³-hybridized carbons (Fsp3) is 0.278. The summed E-state index contributed by atoms with van der Waals surface area (Å²) in [4.78, 5) is 17.8. The van der Waals surface area contributed by atoms with Gasteiger partial charge in [0.15, 0.2) is 5.82 Å². The molecule has 140 valence electrons. The zero-order valence-electron chi connectivity index (χ0n) is 14.1. The van der Waals surface area contributed by atoms with Gasteiger partial charge in [-0.15, -0.1) is 11.3 Å². The van der Waals surface area contributed by atoms with Gasteiger partial charge in [-0.05, 0) is 37.1 Å². The highest BCUT2D eigenvalue weighted by Gasteiger charge is 2.21. The van der Waals surface area contributed by atoms with Gasteiger partial charge in [0.25, 0.3) is 11.8 Å². The fourth-order valence-corrected chi connectivity index (χ4v) is 3.83. The molecule has 1 N–H and O–H groups in total. The Morgan fingerprint density at radius 1 is 1.26 bits per heavy atom. The molecule has 1 saturated heterocycles. The second-order valence-electron chi connectivity index (χ2n) is 6.00. The Bertz CT molecular complexity index is 946. The van der Waals surface area contributed by atoms with E-state index >= 15 is 0 Å². The lowest BCUT2D eigenvalue weighted by molar-refractivity contribution is 0.0953. The summed E-state index contributed by atoms with van der Waals surface area (Å²) in [6.07, 6.45) is 2.04. The van der Waals surface area contributed by atoms with Crippen LogP contribution in [-0.2, 0) is 11.3 Å². The second-order valence-corrected chi connectivity index (χ2v) is 7.11. The average molecular weight is 391 g/mol. The van der Waals surface area contributed by atoms with E-state index < -0.39 is 11.6 Å². The molecule has 0 bridgehead atoms. The van der Waals surface area contributed by atoms with E-state index in [0.29, 0.717) is 4.88 Å². The smallest absolute Gasteiger partial charge is 0.263 e. The van der Waals surface area contributed by atoms with Crippen molar-refractivity contribution in [2.24, 2.45) is 0 Å². The van der Waals surface area contributed by atoms with E-state index in [1.165, 1.54) is 17.4 Å². The quantitative estimate of drug-likeness (QED) is 0.715. The third-order valence-corrected chi connectivity index (χ3v) is 5.33. The van der Waals surface area contributed by atoms with Crippen LogP contribution in [0.3, 0.4) is 0 Å². The van der Waals surface area contributed by atoms with Gasteiger partial charge in [0.2, 0.25) is 0 Å². The molecule has 1 aliphatic rings. The number of thiophene rings is 1. The Morgan fingerprint density at radius 3 is 2.81 bits per heavy atom. The van der Waals surface area contributed by atoms with E-state index in [-0.39, 0.29) is 35.8 Å². The standard InChI is InChI=1S/C18H15F2N3O3S/c19-10-3-1-4-11(20)16(10)18-22-15(23-26-18)9-21-17(24)14-7-6-13(27-14)12-5-2-8-25-12/h1,3-4,6-7,12H,2,5,8-9H2,(H,21,24). The minimum Gasteiger partial charge on any atom is -0.373 e. The van der Waals surface area contributed by atoms with Gasteiger partial charge in [-0.25, -0.2) is 8.78 Å². The van der Waals surface area contributed by atoms with Crippen LogP contribution in [0, 0.1) is 11.6 Å². The largest absolute Gasteiger partial charge is 0.373 e. The third kappa shape index (κ3) is 3.74. The van der Waals surface area contributed by atoms with Gasteiger partial charge in [-0.2, -0.15) is 4.98 Å². The van der Waals surface area contributed by atoms with Crippen molar-refractivity contribution in [2.45, 2.75) is 25.5 Å². The molecular weight excluding hydrogens is 376 g/mol. The SMILES string of the molecule is O=C(NCc1noc(-c2c(F)cccc2F)n1)c1ccc(C2CCCO2)s1. The molecule has 1 unspecified atom stereocenters. The number of rotatable bonds is 5. The Kier molecular flexibility index (Phi) is 4.95. The number of hydrogen-bond acceptors (Lipinski definition) is 6. The number of aromatic nitrogens is 2. The van der Waals surface area contributed by atoms with E-state index in [9.17, 15) is 13.6 Å². The zero-order chi connectivity index (χ0) is 18.8. The summed E-state index contributed by atoms with van der Waals surface area (Å²) >= 11 is 1.38. The minimum absolute atomic E-state index is 0.0223. The molecule has 1 aliphatic heterocycles. The van der Waals surface area contributed by atoms with Crippen LogP contribution in [0.1, 0.15) is 39.3 Å². The predicted molar refractivity (Wildman–Crippen MR) is 93.1 cm³/mol. The number of carbonyl (C=O) groups is 1. The van der Waals surface area contributed by atoms with Crippen LogP contribution >= 0.6 is 11.3 Å². The van der Waals surface area contributed by atoms with Crippen LogP contribution in [0.4, 0.5) is 8.78 Å². The van der Waals surface area contributed by atoms with Crippen LogP contribution in [0.15, 0.2) is 34.9 Å². The Morgan fingerprint density at radius 2 is 2.07 bits per heavy atom. The lowest BCUT2D eigenvalue weighted by Crippen LogP contribution is -2.22. The van der Waals surface area contributed by atoms with Crippen LogP contribution in [0.2, 0.25) is 0 Å². The van der Waals surface area contributed by atoms with Crippen LogP contribution in [0.5, 0.6) is 0 Å². The van der Waals surface area contributed by atoms with Gasteiger partial charge in [0.1, 0.15) is 17.2 Å². The summed E-state index contributed by atoms with van der Waals surface area (Å²) < 4.78 is 38.1. The Labute approximate surface area is 157 Å². The van der Waals surface area contributed by atoms with Gasteiger partial charge in [0.05, 0.1) is 17.5 Å². The number of carbonyl (C=O) groups excluding carboxylic acids is 1. The van der Waals surface area contributed by atoms with Crippen molar-refractivity contribution < 1.29 is 22.8 Å². The maximum absolute atomic E-state index is 13.8. The molecule has 9 heteroatoms. The first kappa shape index (κ1) is 17.7. The molecule has 0 saturated carbocycles. The number of nitrogens with zero attached hydrogens (tertiary/aromatic N) is 2. The molecule has 1 fully saturated rings. The van der Waals surface area contributed by atoms with Crippen molar-refractivity contribution in [3.8, 4) is 11.5 Å². The zero-order valence-corrected chi connectivity index (χ0v) is 14.9. The number of nitrogens with one attached hydrogen (secondary N) is 1. The molecule has 27 heavy (non-hydrogen) atoms. The summed E-state index contributed by atoms with van der Waals surface area (Å²) in [6, 6.07) is 7.09. The van der Waals surface area contributed by atoms with Gasteiger partial charge >= 0.3 is 0 Å².